The highest BCUT2D eigenvalue weighted by atomic mass is 32.2. The maximum Gasteiger partial charge on any atom is 0.330 e. The Hall–Kier alpha value is -1.70. The van der Waals surface area contributed by atoms with Crippen LogP contribution < -0.4 is 0 Å². The summed E-state index contributed by atoms with van der Waals surface area (Å²) in [6.07, 6.45) is 0. The van der Waals surface area contributed by atoms with E-state index in [4.69, 9.17) is 4.74 Å². The molecule has 3 aliphatic rings. The van der Waals surface area contributed by atoms with E-state index in [0.717, 1.165) is 0 Å². The molecule has 0 saturated carbocycles. The molecule has 8 nitrogen and oxygen atoms in total. The predicted molar refractivity (Wildman–Crippen MR) is 130 cm³/mol. The van der Waals surface area contributed by atoms with Crippen LogP contribution >= 0.6 is 11.8 Å². The lowest BCUT2D eigenvalue weighted by Gasteiger charge is -2.55. The van der Waals surface area contributed by atoms with Gasteiger partial charge in [-0.3, -0.25) is 14.9 Å². The molecule has 1 aromatic rings. The molecule has 0 N–H and O–H groups in total. The number of benzene rings is 1. The first-order chi connectivity index (χ1) is 14.8. The lowest BCUT2D eigenvalue weighted by atomic mass is 9.95. The number of carbonyl (C=O) groups excluding carboxylic acids is 2. The van der Waals surface area contributed by atoms with Crippen molar-refractivity contribution in [2.75, 3.05) is 0 Å². The van der Waals surface area contributed by atoms with Gasteiger partial charge in [0.2, 0.25) is 5.91 Å². The van der Waals surface area contributed by atoms with Gasteiger partial charge in [0, 0.05) is 26.4 Å². The number of carbonyl (C=O) groups is 2. The Morgan fingerprint density at radius 1 is 1.28 bits per heavy atom. The lowest BCUT2D eigenvalue weighted by Crippen LogP contribution is -2.75. The van der Waals surface area contributed by atoms with Crippen LogP contribution in [0.5, 0.6) is 0 Å². The highest BCUT2D eigenvalue weighted by Crippen LogP contribution is 2.54. The topological polar surface area (TPSA) is 93.0 Å². The summed E-state index contributed by atoms with van der Waals surface area (Å²) < 4.78 is 7.69. The molecule has 0 unspecified atom stereocenters. The maximum atomic E-state index is 13.4. The number of β-lactam (4-membered cyclic amide) rings is 1. The standard InChI is InChI=1S/C21H31N3O5SSi2/c1-20(2)16(19(26)29-11-13-7-9-14(10-8-13)24(27)28)22-17(25)15(18(22)30-20)23-21(3,4)31-12-32(23,5)6/h7-10,15-16,18H,11-12,31H2,1-6H3/t15-,16+,18-/m1/s1. The minimum Gasteiger partial charge on any atom is -0.459 e. The van der Waals surface area contributed by atoms with Crippen LogP contribution in [0.1, 0.15) is 33.3 Å². The Morgan fingerprint density at radius 3 is 2.44 bits per heavy atom. The molecule has 0 aromatic heterocycles. The summed E-state index contributed by atoms with van der Waals surface area (Å²) >= 11 is 1.71. The predicted octanol–water partition coefficient (Wildman–Crippen LogP) is 2.45. The number of thioether (sulfide) groups is 1. The quantitative estimate of drug-likeness (QED) is 0.204. The Morgan fingerprint density at radius 2 is 1.91 bits per heavy atom. The number of fused-ring (bicyclic) bond motifs is 1. The van der Waals surface area contributed by atoms with E-state index >= 15 is 0 Å². The fourth-order valence-electron chi connectivity index (χ4n) is 5.58. The van der Waals surface area contributed by atoms with Gasteiger partial charge in [-0.2, -0.15) is 0 Å². The average molecular weight is 494 g/mol. The van der Waals surface area contributed by atoms with Crippen LogP contribution in [0.4, 0.5) is 5.69 Å². The summed E-state index contributed by atoms with van der Waals surface area (Å²) in [5, 5.41) is 10.9. The molecular weight excluding hydrogens is 462 g/mol. The first kappa shape index (κ1) is 23.5. The second-order valence-electron chi connectivity index (χ2n) is 10.7. The zero-order chi connectivity index (χ0) is 23.6. The molecule has 3 heterocycles. The number of nitro benzene ring substituents is 1. The minimum absolute atomic E-state index is 0.00663. The molecule has 174 valence electrons. The fourth-order valence-corrected chi connectivity index (χ4v) is 17.9. The molecule has 11 heteroatoms. The molecule has 32 heavy (non-hydrogen) atoms. The number of esters is 1. The highest BCUT2D eigenvalue weighted by Gasteiger charge is 2.68. The summed E-state index contributed by atoms with van der Waals surface area (Å²) in [6.45, 7) is 13.3. The van der Waals surface area contributed by atoms with E-state index in [0.29, 0.717) is 5.56 Å². The number of hydrogen-bond donors (Lipinski definition) is 0. The smallest absolute Gasteiger partial charge is 0.330 e. The monoisotopic (exact) mass is 493 g/mol. The number of hydrogen-bond acceptors (Lipinski definition) is 7. The normalized spacial score (nSPS) is 30.8. The van der Waals surface area contributed by atoms with Crippen LogP contribution in [0.2, 0.25) is 18.8 Å². The Kier molecular flexibility index (Phi) is 5.63. The maximum absolute atomic E-state index is 13.4. The van der Waals surface area contributed by atoms with Crippen molar-refractivity contribution in [1.29, 1.82) is 0 Å². The van der Waals surface area contributed by atoms with Gasteiger partial charge in [-0.15, -0.1) is 11.8 Å². The molecule has 0 radical (unpaired) electrons. The SMILES string of the molecule is CC1(C)S[C@@H]2[C@H](N3C(C)(C)[SiH2]C[Si]3(C)C)C(=O)N2[C@H]1C(=O)OCc1ccc([N+](=O)[O-])cc1. The first-order valence-electron chi connectivity index (χ1n) is 11.0. The van der Waals surface area contributed by atoms with E-state index in [9.17, 15) is 19.7 Å². The number of rotatable bonds is 5. The van der Waals surface area contributed by atoms with Crippen LogP contribution in [0.25, 0.3) is 0 Å². The van der Waals surface area contributed by atoms with Crippen LogP contribution in [0.15, 0.2) is 24.3 Å². The largest absolute Gasteiger partial charge is 0.459 e. The van der Waals surface area contributed by atoms with E-state index in [1.165, 1.54) is 17.8 Å². The van der Waals surface area contributed by atoms with E-state index in [-0.39, 0.29) is 44.3 Å². The fraction of sp³-hybridized carbons (Fsp3) is 0.619. The third-order valence-electron chi connectivity index (χ3n) is 7.10. The number of non-ortho nitro benzene ring substituents is 1. The molecule has 0 bridgehead atoms. The van der Waals surface area contributed by atoms with Gasteiger partial charge in [-0.1, -0.05) is 32.6 Å². The summed E-state index contributed by atoms with van der Waals surface area (Å²) in [6, 6.07) is 5.18. The molecule has 0 aliphatic carbocycles. The Labute approximate surface area is 196 Å². The van der Waals surface area contributed by atoms with Gasteiger partial charge < -0.3 is 14.2 Å². The summed E-state index contributed by atoms with van der Waals surface area (Å²) in [7, 11) is -1.91. The van der Waals surface area contributed by atoms with Crippen LogP contribution in [0, 0.1) is 10.1 Å². The zero-order valence-electron chi connectivity index (χ0n) is 19.5. The van der Waals surface area contributed by atoms with Gasteiger partial charge >= 0.3 is 5.97 Å². The van der Waals surface area contributed by atoms with Gasteiger partial charge in [-0.25, -0.2) is 4.79 Å². The van der Waals surface area contributed by atoms with Gasteiger partial charge in [0.1, 0.15) is 32.3 Å². The van der Waals surface area contributed by atoms with Gasteiger partial charge in [0.15, 0.2) is 0 Å². The van der Waals surface area contributed by atoms with Crippen molar-refractivity contribution < 1.29 is 19.2 Å². The molecule has 3 saturated heterocycles. The summed E-state index contributed by atoms with van der Waals surface area (Å²) in [5.41, 5.74) is 1.98. The van der Waals surface area contributed by atoms with Crippen molar-refractivity contribution in [2.24, 2.45) is 0 Å². The highest BCUT2D eigenvalue weighted by molar-refractivity contribution is 8.01. The molecule has 3 fully saturated rings. The van der Waals surface area contributed by atoms with Crippen molar-refractivity contribution in [2.45, 2.75) is 80.4 Å². The number of ether oxygens (including phenoxy) is 1. The number of amides is 1. The Bertz CT molecular complexity index is 953. The summed E-state index contributed by atoms with van der Waals surface area (Å²) in [5.74, 6) is -0.364. The molecule has 3 atom stereocenters. The zero-order valence-corrected chi connectivity index (χ0v) is 22.7. The van der Waals surface area contributed by atoms with Crippen LogP contribution in [-0.4, -0.2) is 71.4 Å². The molecule has 3 aliphatic heterocycles. The Balaban J connectivity index is 1.48. The van der Waals surface area contributed by atoms with Crippen molar-refractivity contribution in [1.82, 2.24) is 9.47 Å². The van der Waals surface area contributed by atoms with Crippen LogP contribution in [0.3, 0.4) is 0 Å². The third kappa shape index (κ3) is 3.72. The van der Waals surface area contributed by atoms with Crippen molar-refractivity contribution >= 4 is 47.1 Å². The van der Waals surface area contributed by atoms with Crippen molar-refractivity contribution in [3.8, 4) is 0 Å². The number of nitro groups is 1. The van der Waals surface area contributed by atoms with E-state index in [2.05, 4.69) is 31.5 Å². The van der Waals surface area contributed by atoms with Gasteiger partial charge in [-0.05, 0) is 36.7 Å². The second-order valence-corrected chi connectivity index (χ2v) is 20.8. The van der Waals surface area contributed by atoms with E-state index < -0.39 is 29.9 Å². The first-order valence-corrected chi connectivity index (χ1v) is 16.7. The van der Waals surface area contributed by atoms with Crippen molar-refractivity contribution in [3.63, 3.8) is 0 Å². The molecule has 1 amide bonds. The molecule has 4 rings (SSSR count). The van der Waals surface area contributed by atoms with E-state index in [1.807, 2.05) is 13.8 Å². The molecule has 1 aromatic carbocycles. The third-order valence-corrected chi connectivity index (χ3v) is 18.6. The summed E-state index contributed by atoms with van der Waals surface area (Å²) in [4.78, 5) is 38.6. The minimum atomic E-state index is -1.64. The lowest BCUT2D eigenvalue weighted by molar-refractivity contribution is -0.384. The molecular formula is C21H31N3O5SSi2. The molecule has 0 spiro atoms. The number of nitrogens with zero attached hydrogens (tertiary/aromatic N) is 3. The van der Waals surface area contributed by atoms with Crippen LogP contribution in [-0.2, 0) is 20.9 Å². The average Bonchev–Trinajstić information content (AvgIpc) is 3.08. The van der Waals surface area contributed by atoms with E-state index in [1.54, 1.807) is 28.8 Å². The second kappa shape index (κ2) is 7.68. The van der Waals surface area contributed by atoms with Crippen molar-refractivity contribution in [3.05, 3.63) is 39.9 Å². The van der Waals surface area contributed by atoms with Gasteiger partial charge in [0.05, 0.1) is 4.92 Å². The van der Waals surface area contributed by atoms with Gasteiger partial charge in [0.25, 0.3) is 5.69 Å².